The topological polar surface area (TPSA) is 80.9 Å². The lowest BCUT2D eigenvalue weighted by Crippen LogP contribution is -2.00. The van der Waals surface area contributed by atoms with E-state index in [9.17, 15) is 4.79 Å². The fourth-order valence-corrected chi connectivity index (χ4v) is 1.45. The minimum atomic E-state index is -1.07. The first-order valence-electron chi connectivity index (χ1n) is 4.63. The van der Waals surface area contributed by atoms with Crippen molar-refractivity contribution in [3.05, 3.63) is 41.2 Å². The molecule has 86 valence electrons. The van der Waals surface area contributed by atoms with Crippen LogP contribution in [0.5, 0.6) is 0 Å². The van der Waals surface area contributed by atoms with Crippen molar-refractivity contribution in [1.29, 1.82) is 0 Å². The second-order valence-electron chi connectivity index (χ2n) is 3.07. The lowest BCUT2D eigenvalue weighted by atomic mass is 10.3. The Hall–Kier alpha value is -2.21. The average Bonchev–Trinajstić information content (AvgIpc) is 2.75. The van der Waals surface area contributed by atoms with Crippen molar-refractivity contribution in [2.45, 2.75) is 0 Å². The van der Waals surface area contributed by atoms with Crippen LogP contribution in [0.15, 0.2) is 30.3 Å². The van der Waals surface area contributed by atoms with Crippen LogP contribution in [0, 0.1) is 0 Å². The number of aromatic nitrogens is 4. The Morgan fingerprint density at radius 1 is 1.41 bits per heavy atom. The monoisotopic (exact) mass is 250 g/mol. The van der Waals surface area contributed by atoms with Crippen LogP contribution in [0.25, 0.3) is 11.8 Å². The number of carboxylic acid groups (broad SMARTS) is 1. The van der Waals surface area contributed by atoms with Gasteiger partial charge >= 0.3 is 5.97 Å². The van der Waals surface area contributed by atoms with Gasteiger partial charge in [0, 0.05) is 6.08 Å². The summed E-state index contributed by atoms with van der Waals surface area (Å²) in [6.45, 7) is 0. The van der Waals surface area contributed by atoms with Gasteiger partial charge in [-0.3, -0.25) is 0 Å². The molecule has 0 fully saturated rings. The lowest BCUT2D eigenvalue weighted by molar-refractivity contribution is -0.131. The van der Waals surface area contributed by atoms with Crippen LogP contribution in [0.3, 0.4) is 0 Å². The van der Waals surface area contributed by atoms with Gasteiger partial charge in [0.2, 0.25) is 0 Å². The number of tetrazole rings is 1. The molecule has 6 nitrogen and oxygen atoms in total. The first-order valence-corrected chi connectivity index (χ1v) is 5.00. The van der Waals surface area contributed by atoms with E-state index in [1.165, 1.54) is 10.8 Å². The second-order valence-corrected chi connectivity index (χ2v) is 3.48. The molecule has 0 saturated heterocycles. The third kappa shape index (κ3) is 2.48. The molecule has 17 heavy (non-hydrogen) atoms. The van der Waals surface area contributed by atoms with Crippen LogP contribution < -0.4 is 0 Å². The first-order chi connectivity index (χ1) is 8.18. The van der Waals surface area contributed by atoms with E-state index in [-0.39, 0.29) is 0 Å². The third-order valence-electron chi connectivity index (χ3n) is 1.95. The predicted octanol–water partition coefficient (Wildman–Crippen LogP) is 1.41. The smallest absolute Gasteiger partial charge is 0.328 e. The van der Waals surface area contributed by atoms with Gasteiger partial charge in [0.25, 0.3) is 0 Å². The first kappa shape index (κ1) is 11.3. The van der Waals surface area contributed by atoms with E-state index in [2.05, 4.69) is 15.5 Å². The van der Waals surface area contributed by atoms with Crippen molar-refractivity contribution in [3.8, 4) is 5.69 Å². The largest absolute Gasteiger partial charge is 0.478 e. The zero-order valence-corrected chi connectivity index (χ0v) is 9.24. The zero-order chi connectivity index (χ0) is 12.3. The Kier molecular flexibility index (Phi) is 3.15. The highest BCUT2D eigenvalue weighted by atomic mass is 35.5. The molecule has 0 unspecified atom stereocenters. The average molecular weight is 251 g/mol. The summed E-state index contributed by atoms with van der Waals surface area (Å²) < 4.78 is 1.36. The van der Waals surface area contributed by atoms with Crippen molar-refractivity contribution < 1.29 is 9.90 Å². The van der Waals surface area contributed by atoms with Gasteiger partial charge in [0.05, 0.1) is 10.7 Å². The highest BCUT2D eigenvalue weighted by molar-refractivity contribution is 6.32. The van der Waals surface area contributed by atoms with Crippen LogP contribution in [0.2, 0.25) is 5.02 Å². The maximum atomic E-state index is 10.4. The van der Waals surface area contributed by atoms with E-state index in [1.807, 2.05) is 0 Å². The van der Waals surface area contributed by atoms with Crippen LogP contribution in [0.1, 0.15) is 5.82 Å². The Morgan fingerprint density at radius 3 is 2.88 bits per heavy atom. The maximum absolute atomic E-state index is 10.4. The number of halogens is 1. The highest BCUT2D eigenvalue weighted by Gasteiger charge is 2.08. The van der Waals surface area contributed by atoms with Crippen LogP contribution in [-0.4, -0.2) is 31.3 Å². The molecule has 0 atom stereocenters. The zero-order valence-electron chi connectivity index (χ0n) is 8.49. The van der Waals surface area contributed by atoms with Gasteiger partial charge in [-0.15, -0.1) is 5.10 Å². The van der Waals surface area contributed by atoms with E-state index in [0.29, 0.717) is 16.5 Å². The van der Waals surface area contributed by atoms with Crippen molar-refractivity contribution in [1.82, 2.24) is 20.2 Å². The molecule has 0 aliphatic heterocycles. The Bertz CT molecular complexity index is 579. The lowest BCUT2D eigenvalue weighted by Gasteiger charge is -2.03. The number of aliphatic carboxylic acids is 1. The molecule has 1 aromatic carbocycles. The van der Waals surface area contributed by atoms with Gasteiger partial charge < -0.3 is 5.11 Å². The Balaban J connectivity index is 2.44. The third-order valence-corrected chi connectivity index (χ3v) is 2.27. The van der Waals surface area contributed by atoms with Crippen LogP contribution >= 0.6 is 11.6 Å². The number of nitrogens with zero attached hydrogens (tertiary/aromatic N) is 4. The van der Waals surface area contributed by atoms with E-state index in [0.717, 1.165) is 6.08 Å². The summed E-state index contributed by atoms with van der Waals surface area (Å²) in [6, 6.07) is 7.00. The quantitative estimate of drug-likeness (QED) is 0.833. The van der Waals surface area contributed by atoms with Gasteiger partial charge in [-0.2, -0.15) is 4.68 Å². The summed E-state index contributed by atoms with van der Waals surface area (Å²) in [4.78, 5) is 10.4. The fourth-order valence-electron chi connectivity index (χ4n) is 1.24. The summed E-state index contributed by atoms with van der Waals surface area (Å²) >= 11 is 5.99. The SMILES string of the molecule is O=C(O)/C=C/c1nnnn1-c1ccccc1Cl. The Morgan fingerprint density at radius 2 is 2.18 bits per heavy atom. The molecule has 0 saturated carbocycles. The standard InChI is InChI=1S/C10H7ClN4O2/c11-7-3-1-2-4-8(7)15-9(12-13-14-15)5-6-10(16)17/h1-6H,(H,16,17)/b6-5+. The molecular formula is C10H7ClN4O2. The predicted molar refractivity (Wildman–Crippen MR) is 60.8 cm³/mol. The van der Waals surface area contributed by atoms with Gasteiger partial charge in [-0.05, 0) is 28.6 Å². The van der Waals surface area contributed by atoms with E-state index in [1.54, 1.807) is 24.3 Å². The molecule has 0 radical (unpaired) electrons. The van der Waals surface area contributed by atoms with Crippen molar-refractivity contribution in [2.24, 2.45) is 0 Å². The number of carbonyl (C=O) groups is 1. The fraction of sp³-hybridized carbons (Fsp3) is 0. The van der Waals surface area contributed by atoms with Crippen LogP contribution in [0.4, 0.5) is 0 Å². The number of hydrogen-bond donors (Lipinski definition) is 1. The molecular weight excluding hydrogens is 244 g/mol. The molecule has 1 heterocycles. The van der Waals surface area contributed by atoms with Gasteiger partial charge in [-0.25, -0.2) is 4.79 Å². The molecule has 1 N–H and O–H groups in total. The normalized spacial score (nSPS) is 10.9. The molecule has 0 aliphatic rings. The molecule has 0 spiro atoms. The van der Waals surface area contributed by atoms with Crippen molar-refractivity contribution >= 4 is 23.6 Å². The van der Waals surface area contributed by atoms with Crippen molar-refractivity contribution in [2.75, 3.05) is 0 Å². The number of hydrogen-bond acceptors (Lipinski definition) is 4. The summed E-state index contributed by atoms with van der Waals surface area (Å²) in [5.41, 5.74) is 0.587. The summed E-state index contributed by atoms with van der Waals surface area (Å²) in [5.74, 6) is -0.779. The molecule has 2 rings (SSSR count). The number of carboxylic acids is 1. The molecule has 2 aromatic rings. The molecule has 7 heteroatoms. The molecule has 1 aromatic heterocycles. The Labute approximate surface area is 101 Å². The van der Waals surface area contributed by atoms with Crippen LogP contribution in [-0.2, 0) is 4.79 Å². The summed E-state index contributed by atoms with van der Waals surface area (Å²) in [6.07, 6.45) is 2.25. The van der Waals surface area contributed by atoms with Gasteiger partial charge in [0.1, 0.15) is 0 Å². The van der Waals surface area contributed by atoms with E-state index < -0.39 is 5.97 Å². The highest BCUT2D eigenvalue weighted by Crippen LogP contribution is 2.19. The summed E-state index contributed by atoms with van der Waals surface area (Å²) in [7, 11) is 0. The number of para-hydroxylation sites is 1. The molecule has 0 aliphatic carbocycles. The minimum absolute atomic E-state index is 0.292. The van der Waals surface area contributed by atoms with Gasteiger partial charge in [0.15, 0.2) is 5.82 Å². The van der Waals surface area contributed by atoms with Crippen molar-refractivity contribution in [3.63, 3.8) is 0 Å². The second kappa shape index (κ2) is 4.75. The molecule has 0 amide bonds. The van der Waals surface area contributed by atoms with E-state index >= 15 is 0 Å². The number of rotatable bonds is 3. The minimum Gasteiger partial charge on any atom is -0.478 e. The number of benzene rings is 1. The maximum Gasteiger partial charge on any atom is 0.328 e. The molecule has 0 bridgehead atoms. The van der Waals surface area contributed by atoms with Gasteiger partial charge in [-0.1, -0.05) is 23.7 Å². The summed E-state index contributed by atoms with van der Waals surface area (Å²) in [5, 5.41) is 19.9. The van der Waals surface area contributed by atoms with E-state index in [4.69, 9.17) is 16.7 Å².